The molecule has 3 aromatic rings. The van der Waals surface area contributed by atoms with Crippen LogP contribution < -0.4 is 10.1 Å². The van der Waals surface area contributed by atoms with Crippen LogP contribution in [0.5, 0.6) is 5.88 Å². The maximum atomic E-state index is 5.77. The van der Waals surface area contributed by atoms with Crippen molar-refractivity contribution in [1.82, 2.24) is 19.9 Å². The van der Waals surface area contributed by atoms with Gasteiger partial charge in [-0.25, -0.2) is 15.0 Å². The van der Waals surface area contributed by atoms with Gasteiger partial charge in [0.05, 0.1) is 17.8 Å². The molecule has 1 N–H and O–H groups in total. The van der Waals surface area contributed by atoms with E-state index in [1.807, 2.05) is 39.2 Å². The van der Waals surface area contributed by atoms with Crippen molar-refractivity contribution in [2.24, 2.45) is 0 Å². The fourth-order valence-electron chi connectivity index (χ4n) is 2.72. The van der Waals surface area contributed by atoms with Crippen LogP contribution in [0.4, 0.5) is 5.82 Å². The van der Waals surface area contributed by atoms with Gasteiger partial charge < -0.3 is 15.0 Å². The highest BCUT2D eigenvalue weighted by Gasteiger charge is 2.12. The summed E-state index contributed by atoms with van der Waals surface area (Å²) in [5.41, 5.74) is 1.97. The fraction of sp³-hybridized carbons (Fsp3) is 0.350. The van der Waals surface area contributed by atoms with E-state index >= 15 is 0 Å². The van der Waals surface area contributed by atoms with Crippen molar-refractivity contribution < 1.29 is 4.74 Å². The van der Waals surface area contributed by atoms with Gasteiger partial charge in [-0.2, -0.15) is 0 Å². The first-order chi connectivity index (χ1) is 12.9. The Hall–Kier alpha value is -2.25. The number of hydrogen-bond acceptors (Lipinski definition) is 6. The Balaban J connectivity index is 1.88. The third-order valence-corrected chi connectivity index (χ3v) is 4.65. The van der Waals surface area contributed by atoms with Gasteiger partial charge >= 0.3 is 0 Å². The quantitative estimate of drug-likeness (QED) is 0.606. The molecular formula is C20H24BrN5O. The van der Waals surface area contributed by atoms with Gasteiger partial charge in [0.1, 0.15) is 18.2 Å². The van der Waals surface area contributed by atoms with Crippen LogP contribution in [0.15, 0.2) is 41.0 Å². The molecule has 0 aliphatic rings. The molecule has 0 spiro atoms. The second kappa shape index (κ2) is 8.63. The Morgan fingerprint density at radius 3 is 2.78 bits per heavy atom. The molecule has 0 saturated carbocycles. The molecule has 2 heterocycles. The number of hydrogen-bond donors (Lipinski definition) is 1. The Bertz CT molecular complexity index is 931. The van der Waals surface area contributed by atoms with Crippen LogP contribution in [-0.4, -0.2) is 47.1 Å². The van der Waals surface area contributed by atoms with Gasteiger partial charge in [0.15, 0.2) is 0 Å². The maximum Gasteiger partial charge on any atom is 0.214 e. The van der Waals surface area contributed by atoms with Crippen molar-refractivity contribution in [2.45, 2.75) is 19.9 Å². The van der Waals surface area contributed by atoms with Crippen LogP contribution in [0.2, 0.25) is 0 Å². The minimum atomic E-state index is 0.0891. The number of halogens is 1. The van der Waals surface area contributed by atoms with Crippen molar-refractivity contribution in [3.63, 3.8) is 0 Å². The number of likely N-dealkylation sites (N-methyl/N-ethyl adjacent to an activating group) is 1. The molecule has 0 saturated heterocycles. The molecule has 3 rings (SSSR count). The van der Waals surface area contributed by atoms with Crippen LogP contribution in [0.25, 0.3) is 10.9 Å². The summed E-state index contributed by atoms with van der Waals surface area (Å²) in [5.74, 6) is 2.06. The number of pyridine rings is 1. The molecule has 0 aliphatic carbocycles. The number of rotatable bonds is 7. The highest BCUT2D eigenvalue weighted by atomic mass is 79.9. The summed E-state index contributed by atoms with van der Waals surface area (Å²) < 4.78 is 6.83. The molecular weight excluding hydrogens is 406 g/mol. The molecule has 27 heavy (non-hydrogen) atoms. The number of aryl methyl sites for hydroxylation is 1. The number of fused-ring (bicyclic) bond motifs is 1. The monoisotopic (exact) mass is 429 g/mol. The third kappa shape index (κ3) is 5.14. The van der Waals surface area contributed by atoms with Gasteiger partial charge in [-0.1, -0.05) is 28.1 Å². The summed E-state index contributed by atoms with van der Waals surface area (Å²) in [5, 5.41) is 4.41. The van der Waals surface area contributed by atoms with Gasteiger partial charge in [-0.05, 0) is 45.6 Å². The number of anilines is 1. The highest BCUT2D eigenvalue weighted by molar-refractivity contribution is 9.10. The van der Waals surface area contributed by atoms with E-state index in [4.69, 9.17) is 4.74 Å². The minimum Gasteiger partial charge on any atom is -0.476 e. The molecule has 2 aromatic heterocycles. The first-order valence-electron chi connectivity index (χ1n) is 8.86. The van der Waals surface area contributed by atoms with E-state index in [2.05, 4.69) is 60.2 Å². The molecule has 1 aromatic carbocycles. The summed E-state index contributed by atoms with van der Waals surface area (Å²) in [4.78, 5) is 15.5. The van der Waals surface area contributed by atoms with E-state index in [9.17, 15) is 0 Å². The molecule has 142 valence electrons. The van der Waals surface area contributed by atoms with Crippen LogP contribution in [-0.2, 0) is 0 Å². The molecule has 0 aliphatic heterocycles. The lowest BCUT2D eigenvalue weighted by Gasteiger charge is -2.17. The number of benzene rings is 1. The Labute approximate surface area is 168 Å². The van der Waals surface area contributed by atoms with E-state index in [-0.39, 0.29) is 6.04 Å². The summed E-state index contributed by atoms with van der Waals surface area (Å²) in [6.07, 6.45) is 1.74. The maximum absolute atomic E-state index is 5.77. The normalized spacial score (nSPS) is 12.4. The van der Waals surface area contributed by atoms with E-state index in [1.165, 1.54) is 5.56 Å². The number of nitrogens with zero attached hydrogens (tertiary/aromatic N) is 4. The molecule has 7 heteroatoms. The summed E-state index contributed by atoms with van der Waals surface area (Å²) in [6, 6.07) is 10.2. The van der Waals surface area contributed by atoms with Gasteiger partial charge in [-0.15, -0.1) is 0 Å². The topological polar surface area (TPSA) is 63.2 Å². The zero-order valence-electron chi connectivity index (χ0n) is 16.0. The van der Waals surface area contributed by atoms with Crippen molar-refractivity contribution >= 4 is 32.7 Å². The minimum absolute atomic E-state index is 0.0891. The smallest absolute Gasteiger partial charge is 0.214 e. The molecule has 6 nitrogen and oxygen atoms in total. The molecule has 1 unspecified atom stereocenters. The average molecular weight is 430 g/mol. The van der Waals surface area contributed by atoms with Gasteiger partial charge in [0, 0.05) is 22.5 Å². The predicted molar refractivity (Wildman–Crippen MR) is 112 cm³/mol. The van der Waals surface area contributed by atoms with Crippen LogP contribution in [0, 0.1) is 6.92 Å². The van der Waals surface area contributed by atoms with Gasteiger partial charge in [0.25, 0.3) is 0 Å². The summed E-state index contributed by atoms with van der Waals surface area (Å²) in [7, 11) is 4.03. The molecule has 0 bridgehead atoms. The van der Waals surface area contributed by atoms with Gasteiger partial charge in [-0.3, -0.25) is 0 Å². The number of nitrogens with one attached hydrogen (secondary N) is 1. The lowest BCUT2D eigenvalue weighted by atomic mass is 10.1. The van der Waals surface area contributed by atoms with E-state index < -0.39 is 0 Å². The van der Waals surface area contributed by atoms with Crippen LogP contribution in [0.3, 0.4) is 0 Å². The highest BCUT2D eigenvalue weighted by Crippen LogP contribution is 2.27. The van der Waals surface area contributed by atoms with Gasteiger partial charge in [0.2, 0.25) is 5.88 Å². The second-order valence-electron chi connectivity index (χ2n) is 6.73. The first-order valence-corrected chi connectivity index (χ1v) is 9.65. The molecule has 0 radical (unpaired) electrons. The number of ether oxygens (including phenoxy) is 1. The second-order valence-corrected chi connectivity index (χ2v) is 7.65. The molecule has 0 fully saturated rings. The fourth-order valence-corrected chi connectivity index (χ4v) is 3.13. The Morgan fingerprint density at radius 2 is 2.04 bits per heavy atom. The largest absolute Gasteiger partial charge is 0.476 e. The zero-order valence-corrected chi connectivity index (χ0v) is 17.6. The molecule has 1 atom stereocenters. The first kappa shape index (κ1) is 19.5. The van der Waals surface area contributed by atoms with Crippen LogP contribution >= 0.6 is 15.9 Å². The van der Waals surface area contributed by atoms with Crippen LogP contribution in [0.1, 0.15) is 24.4 Å². The van der Waals surface area contributed by atoms with Crippen molar-refractivity contribution in [3.8, 4) is 5.88 Å². The van der Waals surface area contributed by atoms with Crippen molar-refractivity contribution in [1.29, 1.82) is 0 Å². The van der Waals surface area contributed by atoms with E-state index in [0.717, 1.165) is 27.7 Å². The third-order valence-electron chi connectivity index (χ3n) is 4.16. The predicted octanol–water partition coefficient (Wildman–Crippen LogP) is 4.21. The lowest BCUT2D eigenvalue weighted by molar-refractivity contribution is 0.254. The summed E-state index contributed by atoms with van der Waals surface area (Å²) in [6.45, 7) is 5.40. The number of aromatic nitrogens is 3. The average Bonchev–Trinajstić information content (AvgIpc) is 2.61. The van der Waals surface area contributed by atoms with E-state index in [0.29, 0.717) is 18.3 Å². The lowest BCUT2D eigenvalue weighted by Crippen LogP contribution is -2.19. The standard InChI is InChI=1S/C20H24BrN5O/c1-13(15-6-5-7-16(21)10-15)23-20-17-11-19(27-9-8-26(3)4)22-12-18(17)24-14(2)25-20/h5-7,10-13H,8-9H2,1-4H3,(H,23,24,25). The van der Waals surface area contributed by atoms with E-state index in [1.54, 1.807) is 6.20 Å². The van der Waals surface area contributed by atoms with Crippen molar-refractivity contribution in [3.05, 3.63) is 52.4 Å². The SMILES string of the molecule is Cc1nc(NC(C)c2cccc(Br)c2)c2cc(OCCN(C)C)ncc2n1. The Morgan fingerprint density at radius 1 is 1.22 bits per heavy atom. The Kier molecular flexibility index (Phi) is 6.23. The zero-order chi connectivity index (χ0) is 19.4. The molecule has 0 amide bonds. The van der Waals surface area contributed by atoms with Crippen molar-refractivity contribution in [2.75, 3.05) is 32.6 Å². The summed E-state index contributed by atoms with van der Waals surface area (Å²) >= 11 is 3.53.